The SMILES string of the molecule is CC(C)C[C@H](NC(=O)CCCNC(=O)C[C@H]1O[C@@H]2O[C@@]3(C)CC[C@H]4[C@H](C)CC[C@@H]([C@H]1C)[C@@]24OO3)B(O)O. The van der Waals surface area contributed by atoms with Gasteiger partial charge in [0.1, 0.15) is 0 Å². The third-order valence-corrected chi connectivity index (χ3v) is 9.02. The van der Waals surface area contributed by atoms with E-state index in [0.717, 1.165) is 25.7 Å². The van der Waals surface area contributed by atoms with E-state index in [0.29, 0.717) is 25.3 Å². The number of hydrogen-bond donors (Lipinski definition) is 4. The van der Waals surface area contributed by atoms with E-state index < -0.39 is 30.7 Å². The number of amides is 2. The van der Waals surface area contributed by atoms with Crippen molar-refractivity contribution < 1.29 is 38.9 Å². The fraction of sp³-hybridized carbons (Fsp3) is 0.923. The Morgan fingerprint density at radius 1 is 1.08 bits per heavy atom. The number of fused-ring (bicyclic) bond motifs is 2. The molecule has 2 amide bonds. The first-order valence-electron chi connectivity index (χ1n) is 14.1. The summed E-state index contributed by atoms with van der Waals surface area (Å²) in [5, 5.41) is 24.5. The van der Waals surface area contributed by atoms with E-state index in [1.807, 2.05) is 20.8 Å². The summed E-state index contributed by atoms with van der Waals surface area (Å²) in [6, 6.07) is 0. The third kappa shape index (κ3) is 6.02. The van der Waals surface area contributed by atoms with Gasteiger partial charge in [0.15, 0.2) is 11.9 Å². The molecule has 4 aliphatic heterocycles. The summed E-state index contributed by atoms with van der Waals surface area (Å²) in [6.45, 7) is 10.6. The Morgan fingerprint density at radius 3 is 2.54 bits per heavy atom. The highest BCUT2D eigenvalue weighted by atomic mass is 17.3. The highest BCUT2D eigenvalue weighted by Gasteiger charge is 2.69. The van der Waals surface area contributed by atoms with Crippen molar-refractivity contribution in [2.75, 3.05) is 6.54 Å². The normalized spacial score (nSPS) is 39.5. The molecule has 0 unspecified atom stereocenters. The van der Waals surface area contributed by atoms with E-state index in [-0.39, 0.29) is 54.4 Å². The summed E-state index contributed by atoms with van der Waals surface area (Å²) in [7, 11) is -1.60. The Balaban J connectivity index is 1.28. The van der Waals surface area contributed by atoms with Crippen LogP contribution in [-0.4, -0.2) is 65.2 Å². The van der Waals surface area contributed by atoms with Gasteiger partial charge in [-0.25, -0.2) is 9.78 Å². The van der Waals surface area contributed by atoms with Crippen LogP contribution in [0, 0.1) is 29.6 Å². The Hall–Kier alpha value is -1.24. The second kappa shape index (κ2) is 11.5. The molecule has 37 heavy (non-hydrogen) atoms. The second-order valence-electron chi connectivity index (χ2n) is 12.3. The second-order valence-corrected chi connectivity index (χ2v) is 12.3. The van der Waals surface area contributed by atoms with Crippen LogP contribution in [-0.2, 0) is 28.8 Å². The van der Waals surface area contributed by atoms with E-state index in [1.165, 1.54) is 0 Å². The van der Waals surface area contributed by atoms with Gasteiger partial charge in [-0.1, -0.05) is 27.7 Å². The van der Waals surface area contributed by atoms with Gasteiger partial charge in [-0.2, -0.15) is 0 Å². The van der Waals surface area contributed by atoms with Gasteiger partial charge in [0.25, 0.3) is 0 Å². The lowest BCUT2D eigenvalue weighted by atomic mass is 9.57. The van der Waals surface area contributed by atoms with Gasteiger partial charge in [-0.3, -0.25) is 9.59 Å². The zero-order valence-electron chi connectivity index (χ0n) is 22.9. The highest BCUT2D eigenvalue weighted by Crippen LogP contribution is 2.60. The van der Waals surface area contributed by atoms with Crippen molar-refractivity contribution in [3.63, 3.8) is 0 Å². The van der Waals surface area contributed by atoms with Crippen LogP contribution in [0.5, 0.6) is 0 Å². The van der Waals surface area contributed by atoms with Crippen LogP contribution in [0.15, 0.2) is 0 Å². The molecule has 4 saturated heterocycles. The molecular weight excluding hydrogens is 479 g/mol. The number of ether oxygens (including phenoxy) is 2. The largest absolute Gasteiger partial charge is 0.475 e. The molecule has 5 fully saturated rings. The lowest BCUT2D eigenvalue weighted by Gasteiger charge is -2.60. The molecule has 5 rings (SSSR count). The van der Waals surface area contributed by atoms with Gasteiger partial charge in [-0.05, 0) is 62.7 Å². The summed E-state index contributed by atoms with van der Waals surface area (Å²) in [5.74, 6) is -0.662. The van der Waals surface area contributed by atoms with E-state index >= 15 is 0 Å². The summed E-state index contributed by atoms with van der Waals surface area (Å²) in [6.07, 6.45) is 4.28. The average molecular weight is 524 g/mol. The number of hydrogen-bond acceptors (Lipinski definition) is 8. The summed E-state index contributed by atoms with van der Waals surface area (Å²) < 4.78 is 12.8. The van der Waals surface area contributed by atoms with E-state index in [9.17, 15) is 19.6 Å². The van der Waals surface area contributed by atoms with Crippen LogP contribution in [0.1, 0.15) is 86.0 Å². The van der Waals surface area contributed by atoms with Crippen LogP contribution in [0.25, 0.3) is 0 Å². The molecule has 1 saturated carbocycles. The molecule has 1 spiro atoms. The van der Waals surface area contributed by atoms with Crippen LogP contribution in [0.3, 0.4) is 0 Å². The van der Waals surface area contributed by atoms with Crippen LogP contribution >= 0.6 is 0 Å². The quantitative estimate of drug-likeness (QED) is 0.194. The monoisotopic (exact) mass is 524 g/mol. The molecule has 0 radical (unpaired) electrons. The molecule has 0 aromatic carbocycles. The highest BCUT2D eigenvalue weighted by molar-refractivity contribution is 6.43. The smallest absolute Gasteiger partial charge is 0.426 e. The number of nitrogens with one attached hydrogen (secondary N) is 2. The standard InChI is InChI=1S/C26H45BN2O8/c1-15(2)13-21(27(32)33)29-22(30)7-6-12-28-23(31)14-20-17(4)19-9-8-16(3)18-10-11-25(5)35-24(34-20)26(18,19)37-36-25/h15-21,24,32-33H,6-14H2,1-5H3,(H,28,31)(H,29,30)/t16-,17-,18+,19+,20-,21+,24-,25-,26-/m1/s1. The molecule has 4 N–H and O–H groups in total. The molecule has 2 bridgehead atoms. The number of carbonyl (C=O) groups is 2. The van der Waals surface area contributed by atoms with Crippen molar-refractivity contribution in [2.24, 2.45) is 29.6 Å². The summed E-state index contributed by atoms with van der Waals surface area (Å²) >= 11 is 0. The zero-order valence-corrected chi connectivity index (χ0v) is 22.9. The molecule has 1 aliphatic carbocycles. The molecule has 10 nitrogen and oxygen atoms in total. The Bertz CT molecular complexity index is 830. The Labute approximate surface area is 220 Å². The van der Waals surface area contributed by atoms with Gasteiger partial charge in [0, 0.05) is 25.3 Å². The van der Waals surface area contributed by atoms with Gasteiger partial charge < -0.3 is 30.2 Å². The van der Waals surface area contributed by atoms with Crippen molar-refractivity contribution in [3.05, 3.63) is 0 Å². The topological polar surface area (TPSA) is 136 Å². The predicted octanol–water partition coefficient (Wildman–Crippen LogP) is 2.07. The molecule has 5 aliphatic rings. The van der Waals surface area contributed by atoms with Crippen molar-refractivity contribution in [1.82, 2.24) is 10.6 Å². The number of rotatable bonds is 10. The maximum absolute atomic E-state index is 12.8. The Morgan fingerprint density at radius 2 is 1.84 bits per heavy atom. The molecule has 0 aromatic heterocycles. The third-order valence-electron chi connectivity index (χ3n) is 9.02. The van der Waals surface area contributed by atoms with E-state index in [2.05, 4.69) is 24.5 Å². The molecular formula is C26H45BN2O8. The van der Waals surface area contributed by atoms with Crippen molar-refractivity contribution >= 4 is 18.9 Å². The first kappa shape index (κ1) is 28.8. The average Bonchev–Trinajstić information content (AvgIpc) is 3.05. The minimum Gasteiger partial charge on any atom is -0.426 e. The zero-order chi connectivity index (χ0) is 27.0. The fourth-order valence-corrected chi connectivity index (χ4v) is 6.99. The molecule has 0 aromatic rings. The number of carbonyl (C=O) groups excluding carboxylic acids is 2. The van der Waals surface area contributed by atoms with E-state index in [4.69, 9.17) is 19.2 Å². The van der Waals surface area contributed by atoms with E-state index in [1.54, 1.807) is 0 Å². The molecule has 9 atom stereocenters. The van der Waals surface area contributed by atoms with Gasteiger partial charge in [-0.15, -0.1) is 0 Å². The predicted molar refractivity (Wildman–Crippen MR) is 135 cm³/mol. The minimum atomic E-state index is -1.60. The first-order chi connectivity index (χ1) is 17.4. The lowest BCUT2D eigenvalue weighted by molar-refractivity contribution is -0.570. The van der Waals surface area contributed by atoms with Gasteiger partial charge in [0.2, 0.25) is 17.6 Å². The van der Waals surface area contributed by atoms with Crippen molar-refractivity contribution in [1.29, 1.82) is 0 Å². The first-order valence-corrected chi connectivity index (χ1v) is 14.1. The van der Waals surface area contributed by atoms with Crippen molar-refractivity contribution in [2.45, 2.75) is 116 Å². The minimum absolute atomic E-state index is 0.0974. The fourth-order valence-electron chi connectivity index (χ4n) is 6.99. The van der Waals surface area contributed by atoms with Crippen LogP contribution in [0.2, 0.25) is 0 Å². The molecule has 4 heterocycles. The van der Waals surface area contributed by atoms with Crippen LogP contribution < -0.4 is 10.6 Å². The summed E-state index contributed by atoms with van der Waals surface area (Å²) in [5.41, 5.74) is -0.636. The summed E-state index contributed by atoms with van der Waals surface area (Å²) in [4.78, 5) is 37.0. The lowest BCUT2D eigenvalue weighted by Crippen LogP contribution is -2.70. The maximum atomic E-state index is 12.8. The van der Waals surface area contributed by atoms with Crippen molar-refractivity contribution in [3.8, 4) is 0 Å². The van der Waals surface area contributed by atoms with Gasteiger partial charge >= 0.3 is 7.12 Å². The molecule has 210 valence electrons. The van der Waals surface area contributed by atoms with Crippen LogP contribution in [0.4, 0.5) is 0 Å². The Kier molecular flexibility index (Phi) is 8.92. The maximum Gasteiger partial charge on any atom is 0.475 e. The van der Waals surface area contributed by atoms with Gasteiger partial charge in [0.05, 0.1) is 18.5 Å². The molecule has 11 heteroatoms.